The number of nitrogens with one attached hydrogen (secondary N) is 1. The predicted octanol–water partition coefficient (Wildman–Crippen LogP) is 0.136. The minimum atomic E-state index is 0.0893. The molecule has 0 saturated carbocycles. The molecular weight excluding hydrogens is 182 g/mol. The molecule has 14 heavy (non-hydrogen) atoms. The van der Waals surface area contributed by atoms with E-state index >= 15 is 0 Å². The third kappa shape index (κ3) is 9.92. The molecule has 0 aromatic rings. The smallest absolute Gasteiger partial charge is 0.0698 e. The van der Waals surface area contributed by atoms with Crippen LogP contribution in [-0.2, 0) is 4.74 Å². The quantitative estimate of drug-likeness (QED) is 0.444. The summed E-state index contributed by atoms with van der Waals surface area (Å²) >= 11 is 0. The second-order valence-electron chi connectivity index (χ2n) is 3.41. The van der Waals surface area contributed by atoms with Gasteiger partial charge in [-0.3, -0.25) is 0 Å². The van der Waals surface area contributed by atoms with Crippen molar-refractivity contribution in [1.82, 2.24) is 5.32 Å². The average Bonchev–Trinajstić information content (AvgIpc) is 2.18. The van der Waals surface area contributed by atoms with Crippen LogP contribution < -0.4 is 5.32 Å². The fourth-order valence-corrected chi connectivity index (χ4v) is 1.21. The van der Waals surface area contributed by atoms with E-state index in [9.17, 15) is 0 Å². The second-order valence-corrected chi connectivity index (χ2v) is 3.41. The summed E-state index contributed by atoms with van der Waals surface area (Å²) in [7, 11) is 0. The van der Waals surface area contributed by atoms with Crippen LogP contribution in [0.3, 0.4) is 0 Å². The standard InChI is InChI=1S/C10H23NO3/c1-10(4-2-3-6-12)11-5-8-14-9-7-13/h10-13H,2-9H2,1H3. The first kappa shape index (κ1) is 13.8. The van der Waals surface area contributed by atoms with Crippen molar-refractivity contribution in [2.24, 2.45) is 0 Å². The van der Waals surface area contributed by atoms with Crippen molar-refractivity contribution in [1.29, 1.82) is 0 Å². The highest BCUT2D eigenvalue weighted by molar-refractivity contribution is 4.59. The van der Waals surface area contributed by atoms with E-state index in [4.69, 9.17) is 14.9 Å². The van der Waals surface area contributed by atoms with Crippen LogP contribution in [0.15, 0.2) is 0 Å². The van der Waals surface area contributed by atoms with Crippen LogP contribution in [0.4, 0.5) is 0 Å². The number of unbranched alkanes of at least 4 members (excludes halogenated alkanes) is 1. The summed E-state index contributed by atoms with van der Waals surface area (Å²) in [5.74, 6) is 0. The lowest BCUT2D eigenvalue weighted by molar-refractivity contribution is 0.0926. The molecule has 0 saturated heterocycles. The first-order valence-electron chi connectivity index (χ1n) is 5.34. The fourth-order valence-electron chi connectivity index (χ4n) is 1.21. The molecule has 0 rings (SSSR count). The molecule has 0 aliphatic rings. The number of rotatable bonds is 10. The normalized spacial score (nSPS) is 13.1. The summed E-state index contributed by atoms with van der Waals surface area (Å²) in [6.45, 7) is 4.38. The van der Waals surface area contributed by atoms with E-state index < -0.39 is 0 Å². The van der Waals surface area contributed by atoms with Crippen molar-refractivity contribution in [2.75, 3.05) is 33.0 Å². The first-order chi connectivity index (χ1) is 6.81. The third-order valence-electron chi connectivity index (χ3n) is 2.02. The molecule has 0 aliphatic heterocycles. The minimum Gasteiger partial charge on any atom is -0.396 e. The Morgan fingerprint density at radius 2 is 1.93 bits per heavy atom. The van der Waals surface area contributed by atoms with Crippen molar-refractivity contribution >= 4 is 0 Å². The molecule has 0 amide bonds. The van der Waals surface area contributed by atoms with E-state index in [-0.39, 0.29) is 13.2 Å². The average molecular weight is 205 g/mol. The topological polar surface area (TPSA) is 61.7 Å². The minimum absolute atomic E-state index is 0.0893. The zero-order valence-corrected chi connectivity index (χ0v) is 9.04. The molecule has 0 aromatic carbocycles. The largest absolute Gasteiger partial charge is 0.396 e. The Labute approximate surface area is 86.3 Å². The van der Waals surface area contributed by atoms with Crippen LogP contribution in [0.2, 0.25) is 0 Å². The van der Waals surface area contributed by atoms with Crippen LogP contribution in [-0.4, -0.2) is 49.2 Å². The highest BCUT2D eigenvalue weighted by Crippen LogP contribution is 1.98. The van der Waals surface area contributed by atoms with Gasteiger partial charge in [0, 0.05) is 19.2 Å². The summed E-state index contributed by atoms with van der Waals surface area (Å²) in [6.07, 6.45) is 3.02. The maximum Gasteiger partial charge on any atom is 0.0698 e. The fraction of sp³-hybridized carbons (Fsp3) is 1.00. The number of ether oxygens (including phenoxy) is 1. The lowest BCUT2D eigenvalue weighted by Crippen LogP contribution is -2.29. The van der Waals surface area contributed by atoms with Crippen molar-refractivity contribution in [2.45, 2.75) is 32.2 Å². The molecule has 0 aliphatic carbocycles. The van der Waals surface area contributed by atoms with Gasteiger partial charge in [0.2, 0.25) is 0 Å². The lowest BCUT2D eigenvalue weighted by Gasteiger charge is -2.13. The van der Waals surface area contributed by atoms with Crippen molar-refractivity contribution in [3.05, 3.63) is 0 Å². The molecular formula is C10H23NO3. The van der Waals surface area contributed by atoms with E-state index in [0.717, 1.165) is 25.8 Å². The number of aliphatic hydroxyl groups excluding tert-OH is 2. The monoisotopic (exact) mass is 205 g/mol. The van der Waals surface area contributed by atoms with E-state index in [2.05, 4.69) is 12.2 Å². The van der Waals surface area contributed by atoms with Gasteiger partial charge in [0.1, 0.15) is 0 Å². The number of hydrogen-bond donors (Lipinski definition) is 3. The number of hydrogen-bond acceptors (Lipinski definition) is 4. The molecule has 4 heteroatoms. The Morgan fingerprint density at radius 3 is 2.57 bits per heavy atom. The number of aliphatic hydroxyl groups is 2. The van der Waals surface area contributed by atoms with Gasteiger partial charge in [-0.15, -0.1) is 0 Å². The molecule has 0 bridgehead atoms. The van der Waals surface area contributed by atoms with Gasteiger partial charge < -0.3 is 20.3 Å². The Bertz CT molecular complexity index is 112. The maximum absolute atomic E-state index is 8.59. The third-order valence-corrected chi connectivity index (χ3v) is 2.02. The summed E-state index contributed by atoms with van der Waals surface area (Å²) in [5.41, 5.74) is 0. The molecule has 0 radical (unpaired) electrons. The van der Waals surface area contributed by atoms with Crippen LogP contribution in [0.5, 0.6) is 0 Å². The van der Waals surface area contributed by atoms with Gasteiger partial charge in [0.25, 0.3) is 0 Å². The zero-order chi connectivity index (χ0) is 10.6. The van der Waals surface area contributed by atoms with Crippen molar-refractivity contribution < 1.29 is 14.9 Å². The predicted molar refractivity (Wildman–Crippen MR) is 56.3 cm³/mol. The Hall–Kier alpha value is -0.160. The lowest BCUT2D eigenvalue weighted by atomic mass is 10.1. The molecule has 1 unspecified atom stereocenters. The molecule has 0 heterocycles. The molecule has 0 aromatic heterocycles. The summed E-state index contributed by atoms with van der Waals surface area (Å²) in [6, 6.07) is 0.472. The van der Waals surface area contributed by atoms with Crippen LogP contribution in [0, 0.1) is 0 Å². The second kappa shape index (κ2) is 10.9. The maximum atomic E-state index is 8.59. The summed E-state index contributed by atoms with van der Waals surface area (Å²) < 4.78 is 5.11. The molecule has 0 fully saturated rings. The van der Waals surface area contributed by atoms with Crippen molar-refractivity contribution in [3.8, 4) is 0 Å². The SMILES string of the molecule is CC(CCCCO)NCCOCCO. The van der Waals surface area contributed by atoms with Crippen LogP contribution in [0.25, 0.3) is 0 Å². The van der Waals surface area contributed by atoms with Gasteiger partial charge in [0.15, 0.2) is 0 Å². The Morgan fingerprint density at radius 1 is 1.14 bits per heavy atom. The van der Waals surface area contributed by atoms with Gasteiger partial charge in [-0.25, -0.2) is 0 Å². The van der Waals surface area contributed by atoms with E-state index in [0.29, 0.717) is 19.3 Å². The molecule has 0 spiro atoms. The molecule has 86 valence electrons. The molecule has 4 nitrogen and oxygen atoms in total. The van der Waals surface area contributed by atoms with Gasteiger partial charge in [-0.05, 0) is 26.2 Å². The Kier molecular flexibility index (Phi) is 10.8. The van der Waals surface area contributed by atoms with Gasteiger partial charge in [-0.1, -0.05) is 0 Å². The molecule has 3 N–H and O–H groups in total. The highest BCUT2D eigenvalue weighted by atomic mass is 16.5. The van der Waals surface area contributed by atoms with Gasteiger partial charge in [-0.2, -0.15) is 0 Å². The summed E-state index contributed by atoms with van der Waals surface area (Å²) in [5, 5.41) is 20.3. The highest BCUT2D eigenvalue weighted by Gasteiger charge is 1.99. The zero-order valence-electron chi connectivity index (χ0n) is 9.04. The Balaban J connectivity index is 3.06. The van der Waals surface area contributed by atoms with Gasteiger partial charge in [0.05, 0.1) is 19.8 Å². The van der Waals surface area contributed by atoms with Crippen LogP contribution in [0.1, 0.15) is 26.2 Å². The van der Waals surface area contributed by atoms with E-state index in [1.54, 1.807) is 0 Å². The van der Waals surface area contributed by atoms with Crippen molar-refractivity contribution in [3.63, 3.8) is 0 Å². The first-order valence-corrected chi connectivity index (χ1v) is 5.34. The van der Waals surface area contributed by atoms with E-state index in [1.165, 1.54) is 0 Å². The van der Waals surface area contributed by atoms with Crippen LogP contribution >= 0.6 is 0 Å². The molecule has 1 atom stereocenters. The van der Waals surface area contributed by atoms with E-state index in [1.807, 2.05) is 0 Å². The summed E-state index contributed by atoms with van der Waals surface area (Å²) in [4.78, 5) is 0. The van der Waals surface area contributed by atoms with Gasteiger partial charge >= 0.3 is 0 Å².